The van der Waals surface area contributed by atoms with Crippen molar-refractivity contribution in [1.29, 1.82) is 0 Å². The third kappa shape index (κ3) is 4.57. The molecule has 7 aromatic rings. The molecule has 3 N–H and O–H groups in total. The summed E-state index contributed by atoms with van der Waals surface area (Å²) in [6.07, 6.45) is 6.68. The van der Waals surface area contributed by atoms with Gasteiger partial charge in [0.1, 0.15) is 22.7 Å². The molecule has 0 saturated heterocycles. The minimum Gasteiger partial charge on any atom is -0.336 e. The van der Waals surface area contributed by atoms with Gasteiger partial charge in [0.05, 0.1) is 40.4 Å². The molecule has 0 unspecified atom stereocenters. The van der Waals surface area contributed by atoms with Gasteiger partial charge < -0.3 is 10.3 Å². The molecule has 0 aliphatic carbocycles. The predicted molar refractivity (Wildman–Crippen MR) is 154 cm³/mol. The number of imidazole rings is 1. The predicted octanol–water partition coefficient (Wildman–Crippen LogP) is 5.95. The number of anilines is 1. The van der Waals surface area contributed by atoms with E-state index in [1.54, 1.807) is 42.9 Å². The monoisotopic (exact) mass is 540 g/mol. The van der Waals surface area contributed by atoms with Crippen LogP contribution >= 0.6 is 0 Å². The number of rotatable bonds is 6. The average molecular weight is 541 g/mol. The van der Waals surface area contributed by atoms with Crippen LogP contribution in [0, 0.1) is 5.82 Å². The first-order valence-electron chi connectivity index (χ1n) is 12.9. The Morgan fingerprint density at radius 3 is 2.61 bits per heavy atom. The molecule has 0 aliphatic rings. The quantitative estimate of drug-likeness (QED) is 0.240. The number of H-pyrrole nitrogens is 2. The van der Waals surface area contributed by atoms with Gasteiger partial charge in [0.15, 0.2) is 5.82 Å². The van der Waals surface area contributed by atoms with Crippen LogP contribution in [0.5, 0.6) is 0 Å². The fourth-order valence-electron chi connectivity index (χ4n) is 4.85. The molecule has 0 saturated carbocycles. The number of fused-ring (bicyclic) bond motifs is 2. The average Bonchev–Trinajstić information content (AvgIpc) is 3.63. The molecule has 7 rings (SSSR count). The number of amides is 1. The van der Waals surface area contributed by atoms with Crippen LogP contribution in [-0.4, -0.2) is 41.0 Å². The first kappa shape index (κ1) is 24.3. The van der Waals surface area contributed by atoms with E-state index in [4.69, 9.17) is 4.98 Å². The fraction of sp³-hybridized carbons (Fsp3) is 0.0323. The van der Waals surface area contributed by atoms with Gasteiger partial charge in [-0.05, 0) is 42.0 Å². The minimum atomic E-state index is -0.482. The van der Waals surface area contributed by atoms with Crippen LogP contribution in [0.2, 0.25) is 0 Å². The van der Waals surface area contributed by atoms with Gasteiger partial charge in [-0.15, -0.1) is 0 Å². The summed E-state index contributed by atoms with van der Waals surface area (Å²) in [6, 6.07) is 21.9. The minimum absolute atomic E-state index is 0.187. The number of aromatic nitrogens is 7. The second-order valence-electron chi connectivity index (χ2n) is 9.45. The van der Waals surface area contributed by atoms with Gasteiger partial charge in [-0.2, -0.15) is 5.10 Å². The summed E-state index contributed by atoms with van der Waals surface area (Å²) in [6.45, 7) is 0. The van der Waals surface area contributed by atoms with Gasteiger partial charge in [-0.1, -0.05) is 36.4 Å². The number of benzene rings is 2. The lowest BCUT2D eigenvalue weighted by molar-refractivity contribution is -0.115. The summed E-state index contributed by atoms with van der Waals surface area (Å²) in [7, 11) is 0. The first-order chi connectivity index (χ1) is 20.1. The van der Waals surface area contributed by atoms with E-state index in [2.05, 4.69) is 35.5 Å². The zero-order chi connectivity index (χ0) is 27.8. The summed E-state index contributed by atoms with van der Waals surface area (Å²) >= 11 is 0. The first-order valence-corrected chi connectivity index (χ1v) is 12.9. The molecule has 0 spiro atoms. The molecule has 2 aromatic carbocycles. The second kappa shape index (κ2) is 10.1. The molecule has 5 aromatic heterocycles. The highest BCUT2D eigenvalue weighted by Gasteiger charge is 2.21. The Hall–Kier alpha value is -5.77. The largest absolute Gasteiger partial charge is 0.336 e. The Morgan fingerprint density at radius 1 is 0.878 bits per heavy atom. The summed E-state index contributed by atoms with van der Waals surface area (Å²) in [5.41, 5.74) is 5.69. The van der Waals surface area contributed by atoms with E-state index >= 15 is 4.39 Å². The smallest absolute Gasteiger partial charge is 0.228 e. The van der Waals surface area contributed by atoms with Crippen LogP contribution in [-0.2, 0) is 11.2 Å². The lowest BCUT2D eigenvalue weighted by Crippen LogP contribution is -2.14. The van der Waals surface area contributed by atoms with Crippen LogP contribution < -0.4 is 5.32 Å². The molecule has 0 bridgehead atoms. The van der Waals surface area contributed by atoms with E-state index in [0.29, 0.717) is 50.8 Å². The summed E-state index contributed by atoms with van der Waals surface area (Å²) in [4.78, 5) is 33.7. The van der Waals surface area contributed by atoms with E-state index in [-0.39, 0.29) is 17.7 Å². The number of nitrogens with one attached hydrogen (secondary N) is 3. The van der Waals surface area contributed by atoms with E-state index in [1.807, 2.05) is 48.5 Å². The summed E-state index contributed by atoms with van der Waals surface area (Å²) in [5, 5.41) is 10.4. The van der Waals surface area contributed by atoms with Crippen LogP contribution in [0.15, 0.2) is 97.6 Å². The van der Waals surface area contributed by atoms with Crippen molar-refractivity contribution >= 4 is 33.5 Å². The molecule has 0 atom stereocenters. The van der Waals surface area contributed by atoms with Crippen molar-refractivity contribution in [1.82, 2.24) is 35.1 Å². The molecular weight excluding hydrogens is 519 g/mol. The maximum atomic E-state index is 16.2. The van der Waals surface area contributed by atoms with Crippen LogP contribution in [0.1, 0.15) is 5.56 Å². The molecule has 0 radical (unpaired) electrons. The SMILES string of the molecule is O=C(Cc1ccccc1)Nc1cncc(-c2ccc3[nH]nc(-c4nc5c(-c6ccccn6)nccc5[nH]4)c3c2F)c1. The lowest BCUT2D eigenvalue weighted by Gasteiger charge is -2.09. The number of hydrogen-bond acceptors (Lipinski definition) is 6. The third-order valence-corrected chi connectivity index (χ3v) is 6.74. The Kier molecular flexibility index (Phi) is 5.97. The molecular formula is C31H21FN8O. The van der Waals surface area contributed by atoms with Crippen molar-refractivity contribution in [3.8, 4) is 34.0 Å². The summed E-state index contributed by atoms with van der Waals surface area (Å²) < 4.78 is 16.2. The Balaban J connectivity index is 1.24. The van der Waals surface area contributed by atoms with Crippen LogP contribution in [0.25, 0.3) is 56.0 Å². The van der Waals surface area contributed by atoms with E-state index in [9.17, 15) is 4.79 Å². The van der Waals surface area contributed by atoms with Crippen LogP contribution in [0.4, 0.5) is 10.1 Å². The van der Waals surface area contributed by atoms with Crippen molar-refractivity contribution in [2.75, 3.05) is 5.32 Å². The number of aromatic amines is 2. The summed E-state index contributed by atoms with van der Waals surface area (Å²) in [5.74, 6) is -0.274. The standard InChI is InChI=1S/C31H21FN8O/c32-27-21(19-15-20(17-33-16-19)36-25(41)14-18-6-2-1-3-7-18)9-10-22-26(27)30(40-39-22)31-37-24-11-13-35-28(29(24)38-31)23-8-4-5-12-34-23/h1-13,15-17H,14H2,(H,36,41)(H,37,38)(H,39,40). The van der Waals surface area contributed by atoms with Gasteiger partial charge >= 0.3 is 0 Å². The molecule has 0 aliphatic heterocycles. The molecule has 10 heteroatoms. The normalized spacial score (nSPS) is 11.2. The lowest BCUT2D eigenvalue weighted by atomic mass is 10.0. The van der Waals surface area contributed by atoms with E-state index in [0.717, 1.165) is 11.1 Å². The molecule has 198 valence electrons. The highest BCUT2D eigenvalue weighted by molar-refractivity contribution is 5.98. The zero-order valence-electron chi connectivity index (χ0n) is 21.5. The molecule has 0 fully saturated rings. The van der Waals surface area contributed by atoms with Crippen molar-refractivity contribution < 1.29 is 9.18 Å². The number of nitrogens with zero attached hydrogens (tertiary/aromatic N) is 5. The second-order valence-corrected chi connectivity index (χ2v) is 9.45. The van der Waals surface area contributed by atoms with Crippen molar-refractivity contribution in [3.05, 3.63) is 109 Å². The Morgan fingerprint density at radius 2 is 1.76 bits per heavy atom. The molecule has 1 amide bonds. The van der Waals surface area contributed by atoms with Gasteiger partial charge in [0, 0.05) is 29.7 Å². The Labute approximate surface area is 232 Å². The van der Waals surface area contributed by atoms with Crippen LogP contribution in [0.3, 0.4) is 0 Å². The Bertz CT molecular complexity index is 2040. The number of pyridine rings is 3. The number of carbonyl (C=O) groups excluding carboxylic acids is 1. The van der Waals surface area contributed by atoms with E-state index < -0.39 is 5.82 Å². The van der Waals surface area contributed by atoms with Gasteiger partial charge in [0.2, 0.25) is 5.91 Å². The highest BCUT2D eigenvalue weighted by Crippen LogP contribution is 2.35. The topological polar surface area (TPSA) is 125 Å². The molecule has 41 heavy (non-hydrogen) atoms. The van der Waals surface area contributed by atoms with Gasteiger partial charge in [-0.25, -0.2) is 9.37 Å². The molecule has 9 nitrogen and oxygen atoms in total. The van der Waals surface area contributed by atoms with E-state index in [1.165, 1.54) is 6.20 Å². The maximum absolute atomic E-state index is 16.2. The number of hydrogen-bond donors (Lipinski definition) is 3. The third-order valence-electron chi connectivity index (χ3n) is 6.74. The number of halogens is 1. The molecule has 5 heterocycles. The van der Waals surface area contributed by atoms with Gasteiger partial charge in [-0.3, -0.25) is 24.8 Å². The zero-order valence-corrected chi connectivity index (χ0v) is 21.5. The van der Waals surface area contributed by atoms with Crippen molar-refractivity contribution in [2.45, 2.75) is 6.42 Å². The number of carbonyl (C=O) groups is 1. The van der Waals surface area contributed by atoms with Crippen molar-refractivity contribution in [3.63, 3.8) is 0 Å². The maximum Gasteiger partial charge on any atom is 0.228 e. The fourth-order valence-corrected chi connectivity index (χ4v) is 4.85. The van der Waals surface area contributed by atoms with Crippen molar-refractivity contribution in [2.24, 2.45) is 0 Å². The highest BCUT2D eigenvalue weighted by atomic mass is 19.1. The van der Waals surface area contributed by atoms with Gasteiger partial charge in [0.25, 0.3) is 0 Å².